The van der Waals surface area contributed by atoms with Gasteiger partial charge in [0.2, 0.25) is 0 Å². The summed E-state index contributed by atoms with van der Waals surface area (Å²) >= 11 is 0. The third-order valence-corrected chi connectivity index (χ3v) is 1.08. The lowest BCUT2D eigenvalue weighted by molar-refractivity contribution is -0.137. The van der Waals surface area contributed by atoms with Crippen molar-refractivity contribution in [3.8, 4) is 0 Å². The van der Waals surface area contributed by atoms with Crippen LogP contribution in [-0.4, -0.2) is 41.3 Å². The predicted molar refractivity (Wildman–Crippen MR) is 78.4 cm³/mol. The van der Waals surface area contributed by atoms with Crippen LogP contribution >= 0.6 is 0 Å². The van der Waals surface area contributed by atoms with E-state index in [0.29, 0.717) is 0 Å². The molecule has 0 heterocycles. The Morgan fingerprint density at radius 3 is 1.68 bits per heavy atom. The molecular formula is C14H31NO4. The molecule has 0 radical (unpaired) electrons. The Bertz CT molecular complexity index is 242. The molecule has 0 aliphatic rings. The van der Waals surface area contributed by atoms with Gasteiger partial charge in [-0.25, -0.2) is 4.79 Å². The number of carboxylic acids is 1. The summed E-state index contributed by atoms with van der Waals surface area (Å²) in [5.74, 6) is -0.228. The molecule has 0 aromatic heterocycles. The Morgan fingerprint density at radius 1 is 1.16 bits per heavy atom. The average molecular weight is 277 g/mol. The van der Waals surface area contributed by atoms with Gasteiger partial charge in [-0.1, -0.05) is 34.6 Å². The number of carboxylic acid groups (broad SMARTS) is 1. The first-order chi connectivity index (χ1) is 8.45. The maximum Gasteiger partial charge on any atom is 0.410 e. The van der Waals surface area contributed by atoms with E-state index in [-0.39, 0.29) is 6.54 Å². The molecule has 0 bridgehead atoms. The van der Waals surface area contributed by atoms with Gasteiger partial charge in [0.25, 0.3) is 0 Å². The summed E-state index contributed by atoms with van der Waals surface area (Å²) in [5, 5.41) is 8.38. The van der Waals surface area contributed by atoms with E-state index in [1.54, 1.807) is 20.8 Å². The molecular weight excluding hydrogens is 246 g/mol. The second-order valence-electron chi connectivity index (χ2n) is 5.46. The van der Waals surface area contributed by atoms with Gasteiger partial charge in [0.1, 0.15) is 12.1 Å². The van der Waals surface area contributed by atoms with Crippen molar-refractivity contribution >= 4 is 12.1 Å². The summed E-state index contributed by atoms with van der Waals surface area (Å²) in [6, 6.07) is 0. The molecule has 0 aliphatic carbocycles. The SMILES string of the molecule is CC.CC(C)C.CN(CC(=O)O)C(=O)OC(C)(C)C. The van der Waals surface area contributed by atoms with E-state index in [1.807, 2.05) is 13.8 Å². The molecule has 5 heteroatoms. The van der Waals surface area contributed by atoms with E-state index in [1.165, 1.54) is 7.05 Å². The van der Waals surface area contributed by atoms with Crippen LogP contribution in [0.1, 0.15) is 55.4 Å². The number of hydrogen-bond donors (Lipinski definition) is 1. The van der Waals surface area contributed by atoms with Crippen LogP contribution in [0.5, 0.6) is 0 Å². The van der Waals surface area contributed by atoms with E-state index >= 15 is 0 Å². The molecule has 5 nitrogen and oxygen atoms in total. The molecule has 0 saturated carbocycles. The van der Waals surface area contributed by atoms with E-state index in [4.69, 9.17) is 9.84 Å². The van der Waals surface area contributed by atoms with Crippen molar-refractivity contribution in [2.45, 2.75) is 61.0 Å². The molecule has 0 spiro atoms. The van der Waals surface area contributed by atoms with Crippen molar-refractivity contribution in [3.05, 3.63) is 0 Å². The number of hydrogen-bond acceptors (Lipinski definition) is 3. The minimum Gasteiger partial charge on any atom is -0.480 e. The summed E-state index contributed by atoms with van der Waals surface area (Å²) in [4.78, 5) is 22.4. The number of rotatable bonds is 2. The fraction of sp³-hybridized carbons (Fsp3) is 0.857. The van der Waals surface area contributed by atoms with Crippen molar-refractivity contribution in [1.82, 2.24) is 4.90 Å². The number of likely N-dealkylation sites (N-methyl/N-ethyl adjacent to an activating group) is 1. The van der Waals surface area contributed by atoms with E-state index in [2.05, 4.69) is 20.8 Å². The van der Waals surface area contributed by atoms with Gasteiger partial charge in [0.15, 0.2) is 0 Å². The summed E-state index contributed by atoms with van der Waals surface area (Å²) in [7, 11) is 1.38. The van der Waals surface area contributed by atoms with E-state index in [9.17, 15) is 9.59 Å². The lowest BCUT2D eigenvalue weighted by Gasteiger charge is -2.23. The summed E-state index contributed by atoms with van der Waals surface area (Å²) in [6.45, 7) is 15.3. The van der Waals surface area contributed by atoms with Crippen LogP contribution in [0, 0.1) is 5.92 Å². The van der Waals surface area contributed by atoms with Crippen LogP contribution in [0.4, 0.5) is 4.79 Å². The maximum atomic E-state index is 11.1. The quantitative estimate of drug-likeness (QED) is 0.837. The largest absolute Gasteiger partial charge is 0.480 e. The lowest BCUT2D eigenvalue weighted by Crippen LogP contribution is -2.37. The lowest BCUT2D eigenvalue weighted by atomic mass is 10.2. The molecule has 0 aromatic rings. The van der Waals surface area contributed by atoms with Crippen molar-refractivity contribution in [2.75, 3.05) is 13.6 Å². The summed E-state index contributed by atoms with van der Waals surface area (Å²) in [6.07, 6.45) is -0.630. The van der Waals surface area contributed by atoms with Gasteiger partial charge in [-0.15, -0.1) is 0 Å². The molecule has 1 amide bonds. The van der Waals surface area contributed by atoms with Crippen LogP contribution in [0.15, 0.2) is 0 Å². The zero-order valence-electron chi connectivity index (χ0n) is 13.9. The second kappa shape index (κ2) is 11.8. The zero-order valence-corrected chi connectivity index (χ0v) is 13.9. The van der Waals surface area contributed by atoms with Crippen LogP contribution in [0.25, 0.3) is 0 Å². The summed E-state index contributed by atoms with van der Waals surface area (Å²) < 4.78 is 4.92. The Balaban J connectivity index is -0.000000361. The predicted octanol–water partition coefficient (Wildman–Crippen LogP) is 3.63. The number of carbonyl (C=O) groups is 2. The van der Waals surface area contributed by atoms with Crippen LogP contribution in [0.3, 0.4) is 0 Å². The first-order valence-corrected chi connectivity index (χ1v) is 6.61. The highest BCUT2D eigenvalue weighted by Crippen LogP contribution is 2.08. The standard InChI is InChI=1S/C8H15NO4.C4H10.C2H6/c1-8(2,3)13-7(12)9(4)5-6(10)11;1-4(2)3;1-2/h5H2,1-4H3,(H,10,11);4H,1-3H3;1-2H3. The Hall–Kier alpha value is -1.26. The molecule has 0 aliphatic heterocycles. The first kappa shape index (κ1) is 22.9. The molecule has 0 fully saturated rings. The molecule has 0 aromatic carbocycles. The number of carbonyl (C=O) groups excluding carboxylic acids is 1. The zero-order chi connectivity index (χ0) is 16.2. The van der Waals surface area contributed by atoms with Gasteiger partial charge >= 0.3 is 12.1 Å². The minimum atomic E-state index is -1.06. The highest BCUT2D eigenvalue weighted by molar-refractivity contribution is 5.76. The fourth-order valence-electron chi connectivity index (χ4n) is 0.607. The topological polar surface area (TPSA) is 66.8 Å². The van der Waals surface area contributed by atoms with Gasteiger partial charge in [0.05, 0.1) is 0 Å². The Morgan fingerprint density at radius 2 is 1.47 bits per heavy atom. The molecule has 0 atom stereocenters. The van der Waals surface area contributed by atoms with Crippen LogP contribution in [-0.2, 0) is 9.53 Å². The smallest absolute Gasteiger partial charge is 0.410 e. The van der Waals surface area contributed by atoms with Gasteiger partial charge in [-0.05, 0) is 26.7 Å². The van der Waals surface area contributed by atoms with Crippen molar-refractivity contribution in [3.63, 3.8) is 0 Å². The van der Waals surface area contributed by atoms with Crippen molar-refractivity contribution in [1.29, 1.82) is 0 Å². The Kier molecular flexibility index (Phi) is 14.2. The number of amides is 1. The van der Waals surface area contributed by atoms with E-state index < -0.39 is 17.7 Å². The third-order valence-electron chi connectivity index (χ3n) is 1.08. The monoisotopic (exact) mass is 277 g/mol. The Labute approximate surface area is 117 Å². The highest BCUT2D eigenvalue weighted by Gasteiger charge is 2.20. The van der Waals surface area contributed by atoms with Gasteiger partial charge in [-0.2, -0.15) is 0 Å². The minimum absolute atomic E-state index is 0.352. The van der Waals surface area contributed by atoms with Crippen molar-refractivity contribution < 1.29 is 19.4 Å². The highest BCUT2D eigenvalue weighted by atomic mass is 16.6. The molecule has 0 saturated heterocycles. The third kappa shape index (κ3) is 26.4. The molecule has 0 rings (SSSR count). The van der Waals surface area contributed by atoms with Gasteiger partial charge in [-0.3, -0.25) is 4.79 Å². The van der Waals surface area contributed by atoms with E-state index in [0.717, 1.165) is 10.8 Å². The summed E-state index contributed by atoms with van der Waals surface area (Å²) in [5.41, 5.74) is -0.593. The average Bonchev–Trinajstić information content (AvgIpc) is 2.16. The van der Waals surface area contributed by atoms with Crippen LogP contribution in [0.2, 0.25) is 0 Å². The molecule has 0 unspecified atom stereocenters. The van der Waals surface area contributed by atoms with Gasteiger partial charge < -0.3 is 14.7 Å². The van der Waals surface area contributed by atoms with Crippen molar-refractivity contribution in [2.24, 2.45) is 5.92 Å². The maximum absolute atomic E-state index is 11.1. The number of nitrogens with zero attached hydrogens (tertiary/aromatic N) is 1. The second-order valence-corrected chi connectivity index (χ2v) is 5.46. The molecule has 19 heavy (non-hydrogen) atoms. The molecule has 116 valence electrons. The number of aliphatic carboxylic acids is 1. The fourth-order valence-corrected chi connectivity index (χ4v) is 0.607. The van der Waals surface area contributed by atoms with Crippen LogP contribution < -0.4 is 0 Å². The molecule has 1 N–H and O–H groups in total. The normalized spacial score (nSPS) is 9.58. The van der Waals surface area contributed by atoms with Gasteiger partial charge in [0, 0.05) is 7.05 Å². The number of ether oxygens (including phenoxy) is 1. The first-order valence-electron chi connectivity index (χ1n) is 6.61.